The highest BCUT2D eigenvalue weighted by molar-refractivity contribution is 6.07. The van der Waals surface area contributed by atoms with Gasteiger partial charge >= 0.3 is 6.03 Å². The molecule has 1 N–H and O–H groups in total. The molecule has 3 amide bonds. The third-order valence-electron chi connectivity index (χ3n) is 6.53. The molecule has 5 nitrogen and oxygen atoms in total. The van der Waals surface area contributed by atoms with E-state index in [4.69, 9.17) is 0 Å². The van der Waals surface area contributed by atoms with Gasteiger partial charge in [-0.3, -0.25) is 9.69 Å². The zero-order chi connectivity index (χ0) is 17.5. The molecule has 0 atom stereocenters. The average molecular weight is 335 g/mol. The van der Waals surface area contributed by atoms with Crippen molar-refractivity contribution in [3.05, 3.63) is 0 Å². The number of rotatable bonds is 2. The van der Waals surface area contributed by atoms with E-state index in [2.05, 4.69) is 37.9 Å². The zero-order valence-electron chi connectivity index (χ0n) is 15.7. The number of likely N-dealkylation sites (tertiary alicyclic amines) is 1. The minimum absolute atomic E-state index is 0.0125. The monoisotopic (exact) mass is 335 g/mol. The molecule has 24 heavy (non-hydrogen) atoms. The number of hydrogen-bond donors (Lipinski definition) is 1. The summed E-state index contributed by atoms with van der Waals surface area (Å²) in [5, 5.41) is 3.05. The van der Waals surface area contributed by atoms with Crippen LogP contribution in [0.25, 0.3) is 0 Å². The van der Waals surface area contributed by atoms with Crippen molar-refractivity contribution in [2.45, 2.75) is 71.8 Å². The summed E-state index contributed by atoms with van der Waals surface area (Å²) in [6, 6.07) is -0.187. The lowest BCUT2D eigenvalue weighted by Gasteiger charge is -2.40. The van der Waals surface area contributed by atoms with E-state index in [0.29, 0.717) is 12.6 Å². The van der Waals surface area contributed by atoms with Crippen molar-refractivity contribution < 1.29 is 9.59 Å². The van der Waals surface area contributed by atoms with Crippen molar-refractivity contribution in [1.29, 1.82) is 0 Å². The van der Waals surface area contributed by atoms with Crippen molar-refractivity contribution in [3.8, 4) is 0 Å². The van der Waals surface area contributed by atoms with Gasteiger partial charge < -0.3 is 5.32 Å². The molecule has 0 aromatic rings. The van der Waals surface area contributed by atoms with Gasteiger partial charge in [0, 0.05) is 13.1 Å². The van der Waals surface area contributed by atoms with Crippen LogP contribution in [0.5, 0.6) is 0 Å². The molecule has 0 aromatic carbocycles. The Labute approximate surface area is 146 Å². The molecule has 0 unspecified atom stereocenters. The largest absolute Gasteiger partial charge is 0.326 e. The predicted molar refractivity (Wildman–Crippen MR) is 94.4 cm³/mol. The van der Waals surface area contributed by atoms with Crippen molar-refractivity contribution in [2.75, 3.05) is 19.8 Å². The molecule has 3 fully saturated rings. The number of imide groups is 1. The molecule has 2 aliphatic heterocycles. The van der Waals surface area contributed by atoms with E-state index >= 15 is 0 Å². The number of nitrogens with zero attached hydrogens (tertiary/aromatic N) is 2. The maximum atomic E-state index is 13.0. The molecule has 0 radical (unpaired) electrons. The van der Waals surface area contributed by atoms with Crippen LogP contribution in [0.1, 0.15) is 66.2 Å². The summed E-state index contributed by atoms with van der Waals surface area (Å²) in [5.41, 5.74) is -0.348. The Bertz CT molecular complexity index is 495. The molecule has 1 aliphatic carbocycles. The molecule has 1 spiro atoms. The van der Waals surface area contributed by atoms with Crippen LogP contribution in [0.2, 0.25) is 0 Å². The number of urea groups is 1. The van der Waals surface area contributed by atoms with Crippen molar-refractivity contribution >= 4 is 11.9 Å². The van der Waals surface area contributed by atoms with Gasteiger partial charge in [0.2, 0.25) is 0 Å². The minimum atomic E-state index is -0.623. The summed E-state index contributed by atoms with van der Waals surface area (Å²) >= 11 is 0. The van der Waals surface area contributed by atoms with Gasteiger partial charge in [-0.05, 0) is 55.8 Å². The third-order valence-corrected chi connectivity index (χ3v) is 6.53. The first kappa shape index (κ1) is 17.7. The molecule has 2 saturated heterocycles. The van der Waals surface area contributed by atoms with Gasteiger partial charge in [-0.2, -0.15) is 0 Å². The minimum Gasteiger partial charge on any atom is -0.323 e. The summed E-state index contributed by atoms with van der Waals surface area (Å²) < 4.78 is 0. The number of piperidine rings is 1. The van der Waals surface area contributed by atoms with Crippen LogP contribution in [0.15, 0.2) is 0 Å². The van der Waals surface area contributed by atoms with Crippen molar-refractivity contribution in [3.63, 3.8) is 0 Å². The summed E-state index contributed by atoms with van der Waals surface area (Å²) in [5.74, 6) is 1.40. The van der Waals surface area contributed by atoms with Crippen molar-refractivity contribution in [1.82, 2.24) is 15.1 Å². The second-order valence-electron chi connectivity index (χ2n) is 9.33. The maximum Gasteiger partial charge on any atom is 0.326 e. The van der Waals surface area contributed by atoms with E-state index in [1.54, 1.807) is 0 Å². The number of carbonyl (C=O) groups excluding carboxylic acids is 2. The van der Waals surface area contributed by atoms with Gasteiger partial charge in [0.15, 0.2) is 0 Å². The highest BCUT2D eigenvalue weighted by atomic mass is 16.2. The highest BCUT2D eigenvalue weighted by Gasteiger charge is 2.53. The Hall–Kier alpha value is -1.10. The van der Waals surface area contributed by atoms with Gasteiger partial charge in [0.1, 0.15) is 5.54 Å². The van der Waals surface area contributed by atoms with Gasteiger partial charge in [-0.25, -0.2) is 9.69 Å². The van der Waals surface area contributed by atoms with E-state index < -0.39 is 5.54 Å². The Morgan fingerprint density at radius 3 is 2.21 bits per heavy atom. The number of nitrogens with one attached hydrogen (secondary N) is 1. The number of amides is 3. The van der Waals surface area contributed by atoms with Crippen LogP contribution in [0, 0.1) is 17.3 Å². The van der Waals surface area contributed by atoms with Crippen LogP contribution in [0.4, 0.5) is 4.79 Å². The summed E-state index contributed by atoms with van der Waals surface area (Å²) in [4.78, 5) is 29.2. The van der Waals surface area contributed by atoms with Crippen LogP contribution in [0.3, 0.4) is 0 Å². The lowest BCUT2D eigenvalue weighted by molar-refractivity contribution is -0.134. The fraction of sp³-hybridized carbons (Fsp3) is 0.895. The fourth-order valence-electron chi connectivity index (χ4n) is 4.52. The molecule has 1 saturated carbocycles. The molecular formula is C19H33N3O2. The summed E-state index contributed by atoms with van der Waals surface area (Å²) in [6.07, 6.45) is 5.92. The van der Waals surface area contributed by atoms with Crippen LogP contribution in [-0.2, 0) is 4.79 Å². The Morgan fingerprint density at radius 2 is 1.67 bits per heavy atom. The van der Waals surface area contributed by atoms with E-state index in [-0.39, 0.29) is 17.4 Å². The maximum absolute atomic E-state index is 13.0. The second kappa shape index (κ2) is 6.32. The van der Waals surface area contributed by atoms with Gasteiger partial charge in [-0.15, -0.1) is 0 Å². The molecule has 0 aromatic heterocycles. The quantitative estimate of drug-likeness (QED) is 0.789. The van der Waals surface area contributed by atoms with Gasteiger partial charge in [0.25, 0.3) is 5.91 Å². The average Bonchev–Trinajstić information content (AvgIpc) is 2.73. The molecular weight excluding hydrogens is 302 g/mol. The molecule has 2 heterocycles. The molecule has 3 aliphatic rings. The number of hydrogen-bond acceptors (Lipinski definition) is 3. The SMILES string of the molecule is CC1CCN(CN2C(=O)NC3(CCC(C(C)(C)C)CC3)C2=O)CC1. The topological polar surface area (TPSA) is 52.6 Å². The first-order chi connectivity index (χ1) is 11.2. The molecule has 5 heteroatoms. The fourth-order valence-corrected chi connectivity index (χ4v) is 4.52. The Balaban J connectivity index is 1.62. The third kappa shape index (κ3) is 3.32. The summed E-state index contributed by atoms with van der Waals surface area (Å²) in [7, 11) is 0. The predicted octanol–water partition coefficient (Wildman–Crippen LogP) is 3.20. The van der Waals surface area contributed by atoms with Crippen LogP contribution >= 0.6 is 0 Å². The first-order valence-corrected chi connectivity index (χ1v) is 9.58. The van der Waals surface area contributed by atoms with Gasteiger partial charge in [0.05, 0.1) is 6.67 Å². The second-order valence-corrected chi connectivity index (χ2v) is 9.33. The van der Waals surface area contributed by atoms with E-state index in [0.717, 1.165) is 57.5 Å². The van der Waals surface area contributed by atoms with Crippen LogP contribution < -0.4 is 5.32 Å². The lowest BCUT2D eigenvalue weighted by Crippen LogP contribution is -2.51. The summed E-state index contributed by atoms with van der Waals surface area (Å²) in [6.45, 7) is 11.5. The number of carbonyl (C=O) groups is 2. The standard InChI is InChI=1S/C19H33N3O2/c1-14-7-11-21(12-8-14)13-22-16(23)19(20-17(22)24)9-5-15(6-10-19)18(2,3)4/h14-15H,5-13H2,1-4H3,(H,20,24). The van der Waals surface area contributed by atoms with E-state index in [1.807, 2.05) is 0 Å². The smallest absolute Gasteiger partial charge is 0.323 e. The molecule has 3 rings (SSSR count). The van der Waals surface area contributed by atoms with E-state index in [9.17, 15) is 9.59 Å². The normalized spacial score (nSPS) is 33.3. The first-order valence-electron chi connectivity index (χ1n) is 9.58. The van der Waals surface area contributed by atoms with E-state index in [1.165, 1.54) is 4.90 Å². The Morgan fingerprint density at radius 1 is 1.08 bits per heavy atom. The zero-order valence-corrected chi connectivity index (χ0v) is 15.7. The van der Waals surface area contributed by atoms with Gasteiger partial charge in [-0.1, -0.05) is 27.7 Å². The lowest BCUT2D eigenvalue weighted by atomic mass is 9.67. The van der Waals surface area contributed by atoms with Crippen molar-refractivity contribution in [2.24, 2.45) is 17.3 Å². The molecule has 0 bridgehead atoms. The highest BCUT2D eigenvalue weighted by Crippen LogP contribution is 2.43. The molecule has 136 valence electrons. The Kier molecular flexibility index (Phi) is 4.67. The van der Waals surface area contributed by atoms with Crippen LogP contribution in [-0.4, -0.2) is 47.0 Å².